The van der Waals surface area contributed by atoms with E-state index in [1.807, 2.05) is 13.1 Å². The van der Waals surface area contributed by atoms with E-state index in [9.17, 15) is 0 Å². The number of nitrogens with one attached hydrogen (secondary N) is 1. The average Bonchev–Trinajstić information content (AvgIpc) is 2.67. The maximum Gasteiger partial charge on any atom is 0.193 e. The molecule has 0 aliphatic carbocycles. The number of likely N-dealkylation sites (tertiary alicyclic amines) is 1. The fourth-order valence-corrected chi connectivity index (χ4v) is 3.05. The van der Waals surface area contributed by atoms with Gasteiger partial charge in [0, 0.05) is 58.4 Å². The highest BCUT2D eigenvalue weighted by molar-refractivity contribution is 14.0. The maximum absolute atomic E-state index is 5.95. The Morgan fingerprint density at radius 3 is 2.70 bits per heavy atom. The van der Waals surface area contributed by atoms with Crippen molar-refractivity contribution in [3.8, 4) is 0 Å². The van der Waals surface area contributed by atoms with Crippen molar-refractivity contribution < 1.29 is 9.47 Å². The third-order valence-corrected chi connectivity index (χ3v) is 4.56. The van der Waals surface area contributed by atoms with Crippen LogP contribution in [-0.2, 0) is 15.9 Å². The lowest BCUT2D eigenvalue weighted by atomic mass is 10.1. The van der Waals surface area contributed by atoms with Gasteiger partial charge < -0.3 is 19.7 Å². The zero-order valence-electron chi connectivity index (χ0n) is 16.9. The van der Waals surface area contributed by atoms with E-state index in [1.54, 1.807) is 7.11 Å². The van der Waals surface area contributed by atoms with Crippen molar-refractivity contribution in [2.45, 2.75) is 45.6 Å². The number of aromatic nitrogens is 1. The summed E-state index contributed by atoms with van der Waals surface area (Å²) in [6.07, 6.45) is 6.31. The molecule has 7 heteroatoms. The molecule has 0 bridgehead atoms. The van der Waals surface area contributed by atoms with Crippen molar-refractivity contribution in [1.29, 1.82) is 0 Å². The quantitative estimate of drug-likeness (QED) is 0.250. The highest BCUT2D eigenvalue weighted by Crippen LogP contribution is 2.14. The van der Waals surface area contributed by atoms with Gasteiger partial charge in [0.05, 0.1) is 6.10 Å². The summed E-state index contributed by atoms with van der Waals surface area (Å²) in [4.78, 5) is 11.5. The Labute approximate surface area is 181 Å². The van der Waals surface area contributed by atoms with Crippen LogP contribution in [0, 0.1) is 6.92 Å². The first-order chi connectivity index (χ1) is 12.7. The molecule has 2 rings (SSSR count). The van der Waals surface area contributed by atoms with Gasteiger partial charge >= 0.3 is 0 Å². The predicted octanol–water partition coefficient (Wildman–Crippen LogP) is 3.03. The fraction of sp³-hybridized carbons (Fsp3) is 0.700. The van der Waals surface area contributed by atoms with Gasteiger partial charge in [-0.25, -0.2) is 0 Å². The largest absolute Gasteiger partial charge is 0.385 e. The van der Waals surface area contributed by atoms with Crippen LogP contribution in [0.25, 0.3) is 0 Å². The van der Waals surface area contributed by atoms with Crippen LogP contribution < -0.4 is 5.32 Å². The summed E-state index contributed by atoms with van der Waals surface area (Å²) in [5.74, 6) is 1.02. The summed E-state index contributed by atoms with van der Waals surface area (Å²) in [7, 11) is 1.73. The standard InChI is InChI=1S/C20H34N4O2.HI/c1-4-21-20(22-11-8-18-7-6-17(2)23-16-18)24-12-9-19(10-13-24)26-15-5-14-25-3;/h6-7,16,19H,4-5,8-15H2,1-3H3,(H,21,22);1H. The second-order valence-electron chi connectivity index (χ2n) is 6.70. The Kier molecular flexibility index (Phi) is 12.6. The molecule has 0 unspecified atom stereocenters. The number of aryl methyl sites for hydroxylation is 1. The normalized spacial score (nSPS) is 15.5. The van der Waals surface area contributed by atoms with Crippen LogP contribution >= 0.6 is 24.0 Å². The van der Waals surface area contributed by atoms with Crippen molar-refractivity contribution in [3.63, 3.8) is 0 Å². The Morgan fingerprint density at radius 1 is 1.30 bits per heavy atom. The third-order valence-electron chi connectivity index (χ3n) is 4.56. The third kappa shape index (κ3) is 9.21. The molecular formula is C20H35IN4O2. The summed E-state index contributed by atoms with van der Waals surface area (Å²) >= 11 is 0. The van der Waals surface area contributed by atoms with Crippen LogP contribution in [0.5, 0.6) is 0 Å². The Hall–Kier alpha value is -0.930. The molecule has 0 saturated carbocycles. The SMILES string of the molecule is CCNC(=NCCc1ccc(C)nc1)N1CCC(OCCCOC)CC1.I. The summed E-state index contributed by atoms with van der Waals surface area (Å²) in [6, 6.07) is 4.19. The van der Waals surface area contributed by atoms with Gasteiger partial charge in [-0.05, 0) is 51.2 Å². The monoisotopic (exact) mass is 490 g/mol. The maximum atomic E-state index is 5.95. The highest BCUT2D eigenvalue weighted by Gasteiger charge is 2.21. The van der Waals surface area contributed by atoms with E-state index in [-0.39, 0.29) is 24.0 Å². The number of rotatable bonds is 9. The first kappa shape index (κ1) is 24.1. The topological polar surface area (TPSA) is 59.0 Å². The lowest BCUT2D eigenvalue weighted by molar-refractivity contribution is 0.00991. The molecule has 1 aliphatic heterocycles. The Balaban J connectivity index is 0.00000364. The Morgan fingerprint density at radius 2 is 2.07 bits per heavy atom. The molecule has 2 heterocycles. The highest BCUT2D eigenvalue weighted by atomic mass is 127. The second kappa shape index (κ2) is 14.1. The van der Waals surface area contributed by atoms with E-state index in [4.69, 9.17) is 14.5 Å². The van der Waals surface area contributed by atoms with Gasteiger partial charge in [-0.1, -0.05) is 6.07 Å². The molecule has 0 atom stereocenters. The van der Waals surface area contributed by atoms with Crippen LogP contribution in [0.4, 0.5) is 0 Å². The van der Waals surface area contributed by atoms with Crippen LogP contribution in [-0.4, -0.2) is 68.4 Å². The van der Waals surface area contributed by atoms with E-state index < -0.39 is 0 Å². The van der Waals surface area contributed by atoms with Crippen molar-refractivity contribution in [3.05, 3.63) is 29.6 Å². The molecule has 1 aromatic heterocycles. The molecule has 0 amide bonds. The van der Waals surface area contributed by atoms with Gasteiger partial charge in [-0.3, -0.25) is 9.98 Å². The smallest absolute Gasteiger partial charge is 0.193 e. The van der Waals surface area contributed by atoms with Crippen LogP contribution in [0.2, 0.25) is 0 Å². The first-order valence-corrected chi connectivity index (χ1v) is 9.78. The lowest BCUT2D eigenvalue weighted by Gasteiger charge is -2.34. The van der Waals surface area contributed by atoms with Gasteiger partial charge in [0.15, 0.2) is 5.96 Å². The van der Waals surface area contributed by atoms with Crippen LogP contribution in [0.3, 0.4) is 0 Å². The zero-order valence-corrected chi connectivity index (χ0v) is 19.3. The van der Waals surface area contributed by atoms with E-state index in [1.165, 1.54) is 5.56 Å². The van der Waals surface area contributed by atoms with Crippen LogP contribution in [0.15, 0.2) is 23.3 Å². The number of pyridine rings is 1. The summed E-state index contributed by atoms with van der Waals surface area (Å²) < 4.78 is 11.0. The van der Waals surface area contributed by atoms with Gasteiger partial charge in [-0.2, -0.15) is 0 Å². The zero-order chi connectivity index (χ0) is 18.6. The van der Waals surface area contributed by atoms with Gasteiger partial charge in [-0.15, -0.1) is 24.0 Å². The molecule has 0 radical (unpaired) electrons. The number of guanidine groups is 1. The average molecular weight is 490 g/mol. The van der Waals surface area contributed by atoms with E-state index in [2.05, 4.69) is 34.3 Å². The number of ether oxygens (including phenoxy) is 2. The van der Waals surface area contributed by atoms with E-state index in [0.717, 1.165) is 76.7 Å². The second-order valence-corrected chi connectivity index (χ2v) is 6.70. The molecule has 27 heavy (non-hydrogen) atoms. The molecule has 1 N–H and O–H groups in total. The number of piperidine rings is 1. The van der Waals surface area contributed by atoms with Crippen molar-refractivity contribution in [1.82, 2.24) is 15.2 Å². The van der Waals surface area contributed by atoms with Crippen LogP contribution in [0.1, 0.15) is 37.4 Å². The molecule has 6 nitrogen and oxygen atoms in total. The first-order valence-electron chi connectivity index (χ1n) is 9.78. The van der Waals surface area contributed by atoms with Gasteiger partial charge in [0.25, 0.3) is 0 Å². The van der Waals surface area contributed by atoms with Crippen molar-refractivity contribution in [2.75, 3.05) is 46.5 Å². The minimum atomic E-state index is 0. The minimum Gasteiger partial charge on any atom is -0.385 e. The van der Waals surface area contributed by atoms with E-state index in [0.29, 0.717) is 6.10 Å². The molecule has 154 valence electrons. The molecule has 1 aromatic rings. The predicted molar refractivity (Wildman–Crippen MR) is 121 cm³/mol. The molecular weight excluding hydrogens is 455 g/mol. The summed E-state index contributed by atoms with van der Waals surface area (Å²) in [5, 5.41) is 3.43. The minimum absolute atomic E-state index is 0. The van der Waals surface area contributed by atoms with Gasteiger partial charge in [0.1, 0.15) is 0 Å². The Bertz CT molecular complexity index is 531. The molecule has 1 fully saturated rings. The molecule has 1 saturated heterocycles. The van der Waals surface area contributed by atoms with E-state index >= 15 is 0 Å². The fourth-order valence-electron chi connectivity index (χ4n) is 3.05. The number of aliphatic imine (C=N–C) groups is 1. The lowest BCUT2D eigenvalue weighted by Crippen LogP contribution is -2.47. The molecule has 0 spiro atoms. The van der Waals surface area contributed by atoms with Crippen molar-refractivity contribution in [2.24, 2.45) is 4.99 Å². The summed E-state index contributed by atoms with van der Waals surface area (Å²) in [6.45, 7) is 9.34. The number of hydrogen-bond donors (Lipinski definition) is 1. The molecule has 0 aromatic carbocycles. The number of halogens is 1. The molecule has 1 aliphatic rings. The number of nitrogens with zero attached hydrogens (tertiary/aromatic N) is 3. The van der Waals surface area contributed by atoms with Crippen molar-refractivity contribution >= 4 is 29.9 Å². The summed E-state index contributed by atoms with van der Waals surface area (Å²) in [5.41, 5.74) is 2.29. The number of methoxy groups -OCH3 is 1. The van der Waals surface area contributed by atoms with Gasteiger partial charge in [0.2, 0.25) is 0 Å². The number of hydrogen-bond acceptors (Lipinski definition) is 4.